The second kappa shape index (κ2) is 6.74. The van der Waals surface area contributed by atoms with Gasteiger partial charge in [-0.1, -0.05) is 12.8 Å². The van der Waals surface area contributed by atoms with Crippen molar-refractivity contribution in [1.29, 1.82) is 0 Å². The van der Waals surface area contributed by atoms with Crippen LogP contribution in [0.2, 0.25) is 0 Å². The summed E-state index contributed by atoms with van der Waals surface area (Å²) >= 11 is 0. The predicted octanol–water partition coefficient (Wildman–Crippen LogP) is 1.69. The van der Waals surface area contributed by atoms with Crippen molar-refractivity contribution in [3.05, 3.63) is 0 Å². The Balaban J connectivity index is 2.35. The number of aliphatic hydroxyl groups excluding tert-OH is 1. The van der Waals surface area contributed by atoms with E-state index in [1.807, 2.05) is 11.9 Å². The van der Waals surface area contributed by atoms with Crippen LogP contribution < -0.4 is 0 Å². The molecule has 4 nitrogen and oxygen atoms in total. The molecule has 0 saturated carbocycles. The fraction of sp³-hybridized carbons (Fsp3) is 0.917. The fourth-order valence-corrected chi connectivity index (χ4v) is 1.98. The molecule has 0 bridgehead atoms. The minimum atomic E-state index is -0.334. The number of hydrogen-bond acceptors (Lipinski definition) is 2. The second-order valence-electron chi connectivity index (χ2n) is 4.74. The van der Waals surface area contributed by atoms with Gasteiger partial charge in [-0.3, -0.25) is 0 Å². The van der Waals surface area contributed by atoms with Crippen molar-refractivity contribution in [2.45, 2.75) is 45.1 Å². The Morgan fingerprint density at radius 1 is 1.31 bits per heavy atom. The molecule has 1 aliphatic heterocycles. The zero-order valence-electron chi connectivity index (χ0n) is 10.5. The summed E-state index contributed by atoms with van der Waals surface area (Å²) in [7, 11) is 1.82. The number of nitrogens with zero attached hydrogens (tertiary/aromatic N) is 2. The third-order valence-electron chi connectivity index (χ3n) is 3.09. The highest BCUT2D eigenvalue weighted by Crippen LogP contribution is 2.11. The van der Waals surface area contributed by atoms with Gasteiger partial charge >= 0.3 is 6.03 Å². The van der Waals surface area contributed by atoms with Crippen LogP contribution in [0.15, 0.2) is 0 Å². The Morgan fingerprint density at radius 2 is 1.88 bits per heavy atom. The normalized spacial score (nSPS) is 19.1. The summed E-state index contributed by atoms with van der Waals surface area (Å²) in [4.78, 5) is 15.7. The molecule has 0 aromatic heterocycles. The zero-order valence-corrected chi connectivity index (χ0v) is 10.5. The molecule has 1 heterocycles. The summed E-state index contributed by atoms with van der Waals surface area (Å²) in [5.41, 5.74) is 0. The highest BCUT2D eigenvalue weighted by molar-refractivity contribution is 5.74. The van der Waals surface area contributed by atoms with E-state index >= 15 is 0 Å². The Kier molecular flexibility index (Phi) is 5.60. The van der Waals surface area contributed by atoms with Crippen molar-refractivity contribution in [1.82, 2.24) is 9.80 Å². The van der Waals surface area contributed by atoms with E-state index in [9.17, 15) is 9.90 Å². The second-order valence-corrected chi connectivity index (χ2v) is 4.74. The first-order chi connectivity index (χ1) is 7.61. The molecular formula is C12H24N2O2. The number of carbonyl (C=O) groups excluding carboxylic acids is 1. The first-order valence-corrected chi connectivity index (χ1v) is 6.29. The van der Waals surface area contributed by atoms with Gasteiger partial charge in [-0.15, -0.1) is 0 Å². The van der Waals surface area contributed by atoms with E-state index in [0.717, 1.165) is 25.9 Å². The standard InChI is InChI=1S/C12H24N2O2/c1-11(15)7-10-13(2)12(16)14-8-5-3-4-6-9-14/h11,15H,3-10H2,1-2H3. The SMILES string of the molecule is CC(O)CCN(C)C(=O)N1CCCCCC1. The molecule has 0 radical (unpaired) electrons. The maximum Gasteiger partial charge on any atom is 0.319 e. The van der Waals surface area contributed by atoms with Gasteiger partial charge in [0.2, 0.25) is 0 Å². The maximum atomic E-state index is 12.0. The molecule has 1 saturated heterocycles. The van der Waals surface area contributed by atoms with Gasteiger partial charge in [0.1, 0.15) is 0 Å². The first kappa shape index (κ1) is 13.3. The molecule has 94 valence electrons. The molecule has 0 aromatic rings. The van der Waals surface area contributed by atoms with Gasteiger partial charge < -0.3 is 14.9 Å². The zero-order chi connectivity index (χ0) is 12.0. The number of likely N-dealkylation sites (tertiary alicyclic amines) is 1. The molecule has 1 fully saturated rings. The number of carbonyl (C=O) groups is 1. The van der Waals surface area contributed by atoms with Crippen LogP contribution in [0.25, 0.3) is 0 Å². The van der Waals surface area contributed by atoms with E-state index in [0.29, 0.717) is 13.0 Å². The van der Waals surface area contributed by atoms with Crippen molar-refractivity contribution in [2.24, 2.45) is 0 Å². The lowest BCUT2D eigenvalue weighted by Gasteiger charge is -2.27. The number of hydrogen-bond donors (Lipinski definition) is 1. The number of rotatable bonds is 3. The third kappa shape index (κ3) is 4.39. The Morgan fingerprint density at radius 3 is 2.38 bits per heavy atom. The van der Waals surface area contributed by atoms with E-state index in [1.54, 1.807) is 11.8 Å². The first-order valence-electron chi connectivity index (χ1n) is 6.29. The van der Waals surface area contributed by atoms with E-state index in [1.165, 1.54) is 12.8 Å². The van der Waals surface area contributed by atoms with Crippen LogP contribution in [0.4, 0.5) is 4.79 Å². The Hall–Kier alpha value is -0.770. The summed E-state index contributed by atoms with van der Waals surface area (Å²) in [5, 5.41) is 9.19. The number of aliphatic hydroxyl groups is 1. The summed E-state index contributed by atoms with van der Waals surface area (Å²) < 4.78 is 0. The lowest BCUT2D eigenvalue weighted by molar-refractivity contribution is 0.144. The average molecular weight is 228 g/mol. The van der Waals surface area contributed by atoms with Crippen LogP contribution in [-0.2, 0) is 0 Å². The molecule has 2 amide bonds. The smallest absolute Gasteiger partial charge is 0.319 e. The number of urea groups is 1. The van der Waals surface area contributed by atoms with E-state index in [2.05, 4.69) is 0 Å². The van der Waals surface area contributed by atoms with Crippen LogP contribution in [-0.4, -0.2) is 53.7 Å². The molecule has 1 rings (SSSR count). The highest BCUT2D eigenvalue weighted by atomic mass is 16.3. The van der Waals surface area contributed by atoms with Crippen molar-refractivity contribution in [3.63, 3.8) is 0 Å². The lowest BCUT2D eigenvalue weighted by Crippen LogP contribution is -2.42. The van der Waals surface area contributed by atoms with Crippen LogP contribution in [0.5, 0.6) is 0 Å². The van der Waals surface area contributed by atoms with Crippen LogP contribution in [0.3, 0.4) is 0 Å². The van der Waals surface area contributed by atoms with E-state index < -0.39 is 0 Å². The quantitative estimate of drug-likeness (QED) is 0.798. The molecule has 16 heavy (non-hydrogen) atoms. The summed E-state index contributed by atoms with van der Waals surface area (Å²) in [5.74, 6) is 0. The van der Waals surface area contributed by atoms with Crippen LogP contribution >= 0.6 is 0 Å². The molecular weight excluding hydrogens is 204 g/mol. The molecule has 1 atom stereocenters. The van der Waals surface area contributed by atoms with Crippen molar-refractivity contribution >= 4 is 6.03 Å². The maximum absolute atomic E-state index is 12.0. The molecule has 0 aliphatic carbocycles. The molecule has 4 heteroatoms. The lowest BCUT2D eigenvalue weighted by atomic mass is 10.2. The predicted molar refractivity (Wildman–Crippen MR) is 64.4 cm³/mol. The van der Waals surface area contributed by atoms with Crippen LogP contribution in [0.1, 0.15) is 39.0 Å². The van der Waals surface area contributed by atoms with Gasteiger partial charge in [0.05, 0.1) is 6.10 Å². The van der Waals surface area contributed by atoms with Gasteiger partial charge in [-0.25, -0.2) is 4.79 Å². The van der Waals surface area contributed by atoms with Crippen molar-refractivity contribution in [3.8, 4) is 0 Å². The van der Waals surface area contributed by atoms with Gasteiger partial charge in [-0.05, 0) is 26.2 Å². The molecule has 1 N–H and O–H groups in total. The monoisotopic (exact) mass is 228 g/mol. The minimum Gasteiger partial charge on any atom is -0.393 e. The summed E-state index contributed by atoms with van der Waals surface area (Å²) in [6, 6.07) is 0.113. The highest BCUT2D eigenvalue weighted by Gasteiger charge is 2.18. The molecule has 0 aromatic carbocycles. The molecule has 1 unspecified atom stereocenters. The third-order valence-corrected chi connectivity index (χ3v) is 3.09. The van der Waals surface area contributed by atoms with Gasteiger partial charge in [0.25, 0.3) is 0 Å². The van der Waals surface area contributed by atoms with Gasteiger partial charge in [-0.2, -0.15) is 0 Å². The topological polar surface area (TPSA) is 43.8 Å². The Bertz CT molecular complexity index is 211. The van der Waals surface area contributed by atoms with E-state index in [-0.39, 0.29) is 12.1 Å². The van der Waals surface area contributed by atoms with Gasteiger partial charge in [0.15, 0.2) is 0 Å². The molecule has 0 spiro atoms. The average Bonchev–Trinajstić information content (AvgIpc) is 2.53. The largest absolute Gasteiger partial charge is 0.393 e. The van der Waals surface area contributed by atoms with Crippen molar-refractivity contribution in [2.75, 3.05) is 26.7 Å². The minimum absolute atomic E-state index is 0.113. The molecule has 1 aliphatic rings. The van der Waals surface area contributed by atoms with Gasteiger partial charge in [0, 0.05) is 26.7 Å². The number of amides is 2. The summed E-state index contributed by atoms with van der Waals surface area (Å²) in [6.45, 7) is 4.16. The van der Waals surface area contributed by atoms with Crippen LogP contribution in [0, 0.1) is 0 Å². The van der Waals surface area contributed by atoms with Crippen molar-refractivity contribution < 1.29 is 9.90 Å². The Labute approximate surface area is 98.2 Å². The summed E-state index contributed by atoms with van der Waals surface area (Å²) in [6.07, 6.45) is 5.03. The van der Waals surface area contributed by atoms with E-state index in [4.69, 9.17) is 0 Å². The fourth-order valence-electron chi connectivity index (χ4n) is 1.98.